The number of carbonyl (C=O) groups is 1. The second-order valence-electron chi connectivity index (χ2n) is 5.66. The van der Waals surface area contributed by atoms with Gasteiger partial charge in [0.25, 0.3) is 0 Å². The monoisotopic (exact) mass is 239 g/mol. The fourth-order valence-electron chi connectivity index (χ4n) is 2.88. The lowest BCUT2D eigenvalue weighted by Gasteiger charge is -2.32. The summed E-state index contributed by atoms with van der Waals surface area (Å²) in [5.74, 6) is 0.803. The van der Waals surface area contributed by atoms with Crippen LogP contribution in [0.1, 0.15) is 33.1 Å². The molecule has 0 bridgehead atoms. The molecule has 2 rings (SSSR count). The average Bonchev–Trinajstić information content (AvgIpc) is 2.69. The number of carbonyl (C=O) groups excluding carboxylic acids is 1. The number of nitrogens with zero attached hydrogens (tertiary/aromatic N) is 2. The molecule has 0 saturated carbocycles. The number of nitrogens with two attached hydrogens (primary N) is 1. The van der Waals surface area contributed by atoms with Gasteiger partial charge in [-0.2, -0.15) is 0 Å². The zero-order valence-corrected chi connectivity index (χ0v) is 11.1. The number of amides is 1. The summed E-state index contributed by atoms with van der Waals surface area (Å²) in [6, 6.07) is 0.232. The minimum absolute atomic E-state index is 0.00380. The SMILES string of the molecule is CC1CN(C(C)C(=O)N2CCCCC2)CC1N. The predicted molar refractivity (Wildman–Crippen MR) is 68.6 cm³/mol. The topological polar surface area (TPSA) is 49.6 Å². The van der Waals surface area contributed by atoms with E-state index in [4.69, 9.17) is 5.73 Å². The molecule has 0 aliphatic carbocycles. The second-order valence-corrected chi connectivity index (χ2v) is 5.66. The van der Waals surface area contributed by atoms with Crippen molar-refractivity contribution in [3.05, 3.63) is 0 Å². The molecule has 4 heteroatoms. The molecule has 3 unspecified atom stereocenters. The third-order valence-electron chi connectivity index (χ3n) is 4.27. The van der Waals surface area contributed by atoms with Gasteiger partial charge in [0.2, 0.25) is 5.91 Å². The van der Waals surface area contributed by atoms with Crippen molar-refractivity contribution in [2.45, 2.75) is 45.2 Å². The van der Waals surface area contributed by atoms with Crippen LogP contribution in [0.25, 0.3) is 0 Å². The zero-order valence-electron chi connectivity index (χ0n) is 11.1. The van der Waals surface area contributed by atoms with Crippen LogP contribution in [0.2, 0.25) is 0 Å². The van der Waals surface area contributed by atoms with Crippen molar-refractivity contribution < 1.29 is 4.79 Å². The molecule has 2 heterocycles. The number of hydrogen-bond donors (Lipinski definition) is 1. The first-order valence-corrected chi connectivity index (χ1v) is 6.88. The van der Waals surface area contributed by atoms with Crippen LogP contribution in [0.5, 0.6) is 0 Å². The van der Waals surface area contributed by atoms with E-state index in [0.717, 1.165) is 39.0 Å². The molecular weight excluding hydrogens is 214 g/mol. The molecular formula is C13H25N3O. The molecule has 2 aliphatic rings. The maximum absolute atomic E-state index is 12.3. The van der Waals surface area contributed by atoms with Crippen molar-refractivity contribution in [2.75, 3.05) is 26.2 Å². The Morgan fingerprint density at radius 1 is 1.24 bits per heavy atom. The summed E-state index contributed by atoms with van der Waals surface area (Å²) >= 11 is 0. The molecule has 1 amide bonds. The molecule has 2 saturated heterocycles. The lowest BCUT2D eigenvalue weighted by Crippen LogP contribution is -2.48. The van der Waals surface area contributed by atoms with Gasteiger partial charge >= 0.3 is 0 Å². The van der Waals surface area contributed by atoms with Crippen LogP contribution in [-0.4, -0.2) is 54.0 Å². The van der Waals surface area contributed by atoms with Crippen molar-refractivity contribution in [3.63, 3.8) is 0 Å². The maximum Gasteiger partial charge on any atom is 0.239 e. The van der Waals surface area contributed by atoms with Gasteiger partial charge in [-0.05, 0) is 32.1 Å². The Kier molecular flexibility index (Phi) is 4.05. The Morgan fingerprint density at radius 3 is 2.41 bits per heavy atom. The van der Waals surface area contributed by atoms with Gasteiger partial charge in [0.05, 0.1) is 6.04 Å². The summed E-state index contributed by atoms with van der Waals surface area (Å²) in [7, 11) is 0. The van der Waals surface area contributed by atoms with Gasteiger partial charge < -0.3 is 10.6 Å². The lowest BCUT2D eigenvalue weighted by atomic mass is 10.1. The lowest BCUT2D eigenvalue weighted by molar-refractivity contribution is -0.137. The van der Waals surface area contributed by atoms with Crippen molar-refractivity contribution in [2.24, 2.45) is 11.7 Å². The fraction of sp³-hybridized carbons (Fsp3) is 0.923. The van der Waals surface area contributed by atoms with Gasteiger partial charge in [-0.15, -0.1) is 0 Å². The molecule has 0 aromatic carbocycles. The Bertz CT molecular complexity index is 266. The van der Waals surface area contributed by atoms with Crippen molar-refractivity contribution in [1.29, 1.82) is 0 Å². The molecule has 3 atom stereocenters. The van der Waals surface area contributed by atoms with Gasteiger partial charge in [0.15, 0.2) is 0 Å². The third kappa shape index (κ3) is 2.80. The first-order valence-electron chi connectivity index (χ1n) is 6.88. The van der Waals surface area contributed by atoms with Crippen LogP contribution in [-0.2, 0) is 4.79 Å². The summed E-state index contributed by atoms with van der Waals surface area (Å²) < 4.78 is 0. The molecule has 0 radical (unpaired) electrons. The number of piperidine rings is 1. The summed E-state index contributed by atoms with van der Waals surface area (Å²) in [4.78, 5) is 16.6. The highest BCUT2D eigenvalue weighted by atomic mass is 16.2. The molecule has 2 aliphatic heterocycles. The standard InChI is InChI=1S/C13H25N3O/c1-10-8-16(9-12(10)14)11(2)13(17)15-6-4-3-5-7-15/h10-12H,3-9,14H2,1-2H3. The summed E-state index contributed by atoms with van der Waals surface area (Å²) in [6.07, 6.45) is 3.59. The number of hydrogen-bond acceptors (Lipinski definition) is 3. The maximum atomic E-state index is 12.3. The van der Waals surface area contributed by atoms with Gasteiger partial charge in [-0.1, -0.05) is 6.92 Å². The van der Waals surface area contributed by atoms with Crippen LogP contribution < -0.4 is 5.73 Å². The van der Waals surface area contributed by atoms with Gasteiger partial charge in [-0.3, -0.25) is 9.69 Å². The third-order valence-corrected chi connectivity index (χ3v) is 4.27. The highest BCUT2D eigenvalue weighted by Crippen LogP contribution is 2.19. The average molecular weight is 239 g/mol. The van der Waals surface area contributed by atoms with Crippen LogP contribution in [0, 0.1) is 5.92 Å². The van der Waals surface area contributed by atoms with Crippen LogP contribution in [0.4, 0.5) is 0 Å². The van der Waals surface area contributed by atoms with Crippen molar-refractivity contribution in [3.8, 4) is 0 Å². The van der Waals surface area contributed by atoms with E-state index in [1.54, 1.807) is 0 Å². The van der Waals surface area contributed by atoms with E-state index in [-0.39, 0.29) is 12.1 Å². The Balaban J connectivity index is 1.90. The highest BCUT2D eigenvalue weighted by Gasteiger charge is 2.34. The van der Waals surface area contributed by atoms with E-state index in [1.165, 1.54) is 6.42 Å². The normalized spacial score (nSPS) is 32.8. The fourth-order valence-corrected chi connectivity index (χ4v) is 2.88. The molecule has 98 valence electrons. The molecule has 0 aromatic heterocycles. The second kappa shape index (κ2) is 5.36. The van der Waals surface area contributed by atoms with Crippen LogP contribution >= 0.6 is 0 Å². The Hall–Kier alpha value is -0.610. The van der Waals surface area contributed by atoms with Crippen molar-refractivity contribution in [1.82, 2.24) is 9.80 Å². The van der Waals surface area contributed by atoms with Crippen molar-refractivity contribution >= 4 is 5.91 Å². The molecule has 2 N–H and O–H groups in total. The first kappa shape index (κ1) is 12.8. The van der Waals surface area contributed by atoms with Gasteiger partial charge in [0.1, 0.15) is 0 Å². The van der Waals surface area contributed by atoms with E-state index in [9.17, 15) is 4.79 Å². The molecule has 0 spiro atoms. The number of rotatable bonds is 2. The molecule has 0 aromatic rings. The van der Waals surface area contributed by atoms with E-state index >= 15 is 0 Å². The summed E-state index contributed by atoms with van der Waals surface area (Å²) in [5, 5.41) is 0. The summed E-state index contributed by atoms with van der Waals surface area (Å²) in [5.41, 5.74) is 6.02. The first-order chi connectivity index (χ1) is 8.09. The Morgan fingerprint density at radius 2 is 1.88 bits per heavy atom. The molecule has 2 fully saturated rings. The van der Waals surface area contributed by atoms with E-state index in [0.29, 0.717) is 11.8 Å². The van der Waals surface area contributed by atoms with Crippen LogP contribution in [0.3, 0.4) is 0 Å². The zero-order chi connectivity index (χ0) is 12.4. The van der Waals surface area contributed by atoms with Gasteiger partial charge in [0, 0.05) is 32.2 Å². The van der Waals surface area contributed by atoms with Crippen LogP contribution in [0.15, 0.2) is 0 Å². The predicted octanol–water partition coefficient (Wildman–Crippen LogP) is 0.666. The minimum atomic E-state index is 0.00380. The Labute approximate surface area is 104 Å². The van der Waals surface area contributed by atoms with E-state index < -0.39 is 0 Å². The molecule has 17 heavy (non-hydrogen) atoms. The quantitative estimate of drug-likeness (QED) is 0.770. The minimum Gasteiger partial charge on any atom is -0.341 e. The van der Waals surface area contributed by atoms with E-state index in [1.807, 2.05) is 11.8 Å². The smallest absolute Gasteiger partial charge is 0.239 e. The highest BCUT2D eigenvalue weighted by molar-refractivity contribution is 5.81. The van der Waals surface area contributed by atoms with E-state index in [2.05, 4.69) is 11.8 Å². The molecule has 4 nitrogen and oxygen atoms in total. The largest absolute Gasteiger partial charge is 0.341 e. The summed E-state index contributed by atoms with van der Waals surface area (Å²) in [6.45, 7) is 7.91. The number of likely N-dealkylation sites (tertiary alicyclic amines) is 2. The van der Waals surface area contributed by atoms with Gasteiger partial charge in [-0.25, -0.2) is 0 Å².